The Morgan fingerprint density at radius 2 is 2.00 bits per heavy atom. The molecule has 0 spiro atoms. The molecule has 0 saturated heterocycles. The predicted octanol–water partition coefficient (Wildman–Crippen LogP) is 3.78. The Morgan fingerprint density at radius 1 is 1.21 bits per heavy atom. The molecule has 1 heterocycles. The number of benzene rings is 1. The van der Waals surface area contributed by atoms with Crippen LogP contribution in [0.5, 0.6) is 11.5 Å². The van der Waals surface area contributed by atoms with Gasteiger partial charge in [0.05, 0.1) is 20.3 Å². The molecule has 29 heavy (non-hydrogen) atoms. The van der Waals surface area contributed by atoms with Crippen LogP contribution in [0.4, 0.5) is 0 Å². The molecule has 0 bridgehead atoms. The van der Waals surface area contributed by atoms with Crippen LogP contribution < -0.4 is 20.1 Å². The lowest BCUT2D eigenvalue weighted by molar-refractivity contribution is 0.196. The number of rotatable bonds is 10. The molecular formula is C21H32IN3O3S. The van der Waals surface area contributed by atoms with Crippen molar-refractivity contribution in [1.82, 2.24) is 10.6 Å². The highest BCUT2D eigenvalue weighted by molar-refractivity contribution is 14.0. The number of hydrogen-bond acceptors (Lipinski definition) is 5. The van der Waals surface area contributed by atoms with E-state index in [1.165, 1.54) is 4.88 Å². The normalized spacial score (nSPS) is 11.6. The van der Waals surface area contributed by atoms with Crippen LogP contribution in [0.25, 0.3) is 0 Å². The number of methoxy groups -OCH3 is 1. The molecule has 2 rings (SSSR count). The Morgan fingerprint density at radius 3 is 2.62 bits per heavy atom. The highest BCUT2D eigenvalue weighted by Gasteiger charge is 2.21. The van der Waals surface area contributed by atoms with Crippen molar-refractivity contribution in [1.29, 1.82) is 0 Å². The standard InChI is InChI=1S/C21H31N3O3S.HI/c1-5-22-20(24-15-21(2,3)19-7-6-12-28-19)23-14-16-8-9-17(27-11-10-25)18(13-16)26-4;/h6-9,12-13,25H,5,10-11,14-15H2,1-4H3,(H2,22,23,24);1H. The van der Waals surface area contributed by atoms with Gasteiger partial charge in [0.25, 0.3) is 0 Å². The van der Waals surface area contributed by atoms with Gasteiger partial charge in [0.1, 0.15) is 6.61 Å². The van der Waals surface area contributed by atoms with Gasteiger partial charge in [-0.3, -0.25) is 0 Å². The molecule has 6 nitrogen and oxygen atoms in total. The molecule has 2 aromatic rings. The Kier molecular flexibility index (Phi) is 11.4. The van der Waals surface area contributed by atoms with Crippen LogP contribution in [-0.2, 0) is 12.0 Å². The average molecular weight is 533 g/mol. The van der Waals surface area contributed by atoms with E-state index in [2.05, 4.69) is 48.9 Å². The van der Waals surface area contributed by atoms with Gasteiger partial charge in [-0.05, 0) is 36.1 Å². The van der Waals surface area contributed by atoms with E-state index in [4.69, 9.17) is 19.6 Å². The van der Waals surface area contributed by atoms with E-state index in [0.717, 1.165) is 24.6 Å². The number of ether oxygens (including phenoxy) is 2. The molecule has 0 saturated carbocycles. The van der Waals surface area contributed by atoms with E-state index >= 15 is 0 Å². The highest BCUT2D eigenvalue weighted by atomic mass is 127. The van der Waals surface area contributed by atoms with Crippen LogP contribution >= 0.6 is 35.3 Å². The third-order valence-electron chi connectivity index (χ3n) is 4.23. The first-order valence-electron chi connectivity index (χ1n) is 9.47. The van der Waals surface area contributed by atoms with Gasteiger partial charge in [0.2, 0.25) is 0 Å². The lowest BCUT2D eigenvalue weighted by Crippen LogP contribution is -2.43. The average Bonchev–Trinajstić information content (AvgIpc) is 3.24. The SMILES string of the molecule is CCNC(=NCc1ccc(OCCO)c(OC)c1)NCC(C)(C)c1cccs1.I. The number of thiophene rings is 1. The van der Waals surface area contributed by atoms with Crippen molar-refractivity contribution in [3.05, 3.63) is 46.2 Å². The maximum absolute atomic E-state index is 8.91. The minimum atomic E-state index is -0.0330. The van der Waals surface area contributed by atoms with Gasteiger partial charge < -0.3 is 25.2 Å². The minimum Gasteiger partial charge on any atom is -0.493 e. The number of nitrogens with zero attached hydrogens (tertiary/aromatic N) is 1. The largest absolute Gasteiger partial charge is 0.493 e. The first-order valence-corrected chi connectivity index (χ1v) is 10.3. The number of aliphatic hydroxyl groups is 1. The Labute approximate surface area is 194 Å². The summed E-state index contributed by atoms with van der Waals surface area (Å²) in [5.74, 6) is 2.04. The zero-order valence-electron chi connectivity index (χ0n) is 17.5. The topological polar surface area (TPSA) is 75.1 Å². The third kappa shape index (κ3) is 8.02. The van der Waals surface area contributed by atoms with Gasteiger partial charge in [-0.1, -0.05) is 26.0 Å². The molecule has 0 unspecified atom stereocenters. The van der Waals surface area contributed by atoms with Gasteiger partial charge in [0.15, 0.2) is 17.5 Å². The molecule has 0 amide bonds. The van der Waals surface area contributed by atoms with Crippen LogP contribution in [0.3, 0.4) is 0 Å². The summed E-state index contributed by atoms with van der Waals surface area (Å²) in [6.07, 6.45) is 0. The predicted molar refractivity (Wildman–Crippen MR) is 131 cm³/mol. The monoisotopic (exact) mass is 533 g/mol. The summed E-state index contributed by atoms with van der Waals surface area (Å²) in [4.78, 5) is 6.04. The van der Waals surface area contributed by atoms with E-state index in [9.17, 15) is 0 Å². The summed E-state index contributed by atoms with van der Waals surface area (Å²) in [6, 6.07) is 9.97. The van der Waals surface area contributed by atoms with Crippen molar-refractivity contribution in [3.8, 4) is 11.5 Å². The Hall–Kier alpha value is -1.52. The fraction of sp³-hybridized carbons (Fsp3) is 0.476. The molecule has 0 aliphatic heterocycles. The van der Waals surface area contributed by atoms with Crippen LogP contribution in [0.1, 0.15) is 31.2 Å². The van der Waals surface area contributed by atoms with Crippen LogP contribution in [0, 0.1) is 0 Å². The quantitative estimate of drug-likeness (QED) is 0.246. The first kappa shape index (κ1) is 25.5. The zero-order chi connectivity index (χ0) is 20.4. The van der Waals surface area contributed by atoms with Gasteiger partial charge in [0, 0.05) is 23.4 Å². The van der Waals surface area contributed by atoms with Gasteiger partial charge in [-0.2, -0.15) is 0 Å². The number of hydrogen-bond donors (Lipinski definition) is 3. The lowest BCUT2D eigenvalue weighted by Gasteiger charge is -2.25. The second-order valence-corrected chi connectivity index (χ2v) is 7.91. The Balaban J connectivity index is 0.00000420. The van der Waals surface area contributed by atoms with E-state index in [1.807, 2.05) is 18.2 Å². The number of nitrogens with one attached hydrogen (secondary N) is 2. The minimum absolute atomic E-state index is 0. The van der Waals surface area contributed by atoms with Gasteiger partial charge in [-0.25, -0.2) is 4.99 Å². The van der Waals surface area contributed by atoms with Crippen molar-refractivity contribution in [2.24, 2.45) is 4.99 Å². The van der Waals surface area contributed by atoms with Crippen molar-refractivity contribution >= 4 is 41.3 Å². The van der Waals surface area contributed by atoms with E-state index in [1.54, 1.807) is 18.4 Å². The van der Waals surface area contributed by atoms with Crippen molar-refractivity contribution in [2.75, 3.05) is 33.4 Å². The number of guanidine groups is 1. The van der Waals surface area contributed by atoms with Crippen molar-refractivity contribution < 1.29 is 14.6 Å². The summed E-state index contributed by atoms with van der Waals surface area (Å²) in [5, 5.41) is 17.8. The molecule has 1 aromatic heterocycles. The first-order chi connectivity index (χ1) is 13.5. The van der Waals surface area contributed by atoms with Gasteiger partial charge in [-0.15, -0.1) is 35.3 Å². The Bertz CT molecular complexity index is 752. The highest BCUT2D eigenvalue weighted by Crippen LogP contribution is 2.28. The smallest absolute Gasteiger partial charge is 0.191 e. The second-order valence-electron chi connectivity index (χ2n) is 6.97. The van der Waals surface area contributed by atoms with E-state index in [-0.39, 0.29) is 42.6 Å². The summed E-state index contributed by atoms with van der Waals surface area (Å²) in [6.45, 7) is 8.82. The molecule has 0 atom stereocenters. The molecule has 162 valence electrons. The molecule has 0 aliphatic rings. The maximum Gasteiger partial charge on any atom is 0.191 e. The van der Waals surface area contributed by atoms with Crippen molar-refractivity contribution in [2.45, 2.75) is 32.7 Å². The maximum atomic E-state index is 8.91. The molecule has 0 radical (unpaired) electrons. The molecule has 1 aromatic carbocycles. The fourth-order valence-corrected chi connectivity index (χ4v) is 3.50. The number of halogens is 1. The summed E-state index contributed by atoms with van der Waals surface area (Å²) in [7, 11) is 1.60. The summed E-state index contributed by atoms with van der Waals surface area (Å²) in [5.41, 5.74) is 1.04. The lowest BCUT2D eigenvalue weighted by atomic mass is 9.91. The summed E-state index contributed by atoms with van der Waals surface area (Å²) < 4.78 is 10.9. The number of aliphatic hydroxyl groups excluding tert-OH is 1. The zero-order valence-corrected chi connectivity index (χ0v) is 20.7. The van der Waals surface area contributed by atoms with Crippen LogP contribution in [-0.4, -0.2) is 44.5 Å². The molecule has 3 N–H and O–H groups in total. The fourth-order valence-electron chi connectivity index (χ4n) is 2.65. The van der Waals surface area contributed by atoms with Crippen molar-refractivity contribution in [3.63, 3.8) is 0 Å². The third-order valence-corrected chi connectivity index (χ3v) is 5.46. The summed E-state index contributed by atoms with van der Waals surface area (Å²) >= 11 is 1.77. The molecular weight excluding hydrogens is 501 g/mol. The molecule has 0 aliphatic carbocycles. The molecule has 0 fully saturated rings. The van der Waals surface area contributed by atoms with Crippen LogP contribution in [0.15, 0.2) is 40.7 Å². The van der Waals surface area contributed by atoms with E-state index < -0.39 is 0 Å². The number of aliphatic imine (C=N–C) groups is 1. The second kappa shape index (κ2) is 12.9. The molecule has 8 heteroatoms. The van der Waals surface area contributed by atoms with Crippen LogP contribution in [0.2, 0.25) is 0 Å². The van der Waals surface area contributed by atoms with E-state index in [0.29, 0.717) is 18.0 Å². The van der Waals surface area contributed by atoms with Gasteiger partial charge >= 0.3 is 0 Å².